The van der Waals surface area contributed by atoms with Gasteiger partial charge in [-0.15, -0.1) is 0 Å². The van der Waals surface area contributed by atoms with Crippen molar-refractivity contribution in [3.8, 4) is 0 Å². The fourth-order valence-corrected chi connectivity index (χ4v) is 2.80. The molecule has 0 saturated carbocycles. The van der Waals surface area contributed by atoms with E-state index in [4.69, 9.17) is 5.73 Å². The van der Waals surface area contributed by atoms with E-state index in [9.17, 15) is 14.4 Å². The number of Topliss-reactive ketones (excluding diaryl/α,β-unsaturated/α-hetero) is 1. The van der Waals surface area contributed by atoms with Crippen LogP contribution in [0.25, 0.3) is 0 Å². The Morgan fingerprint density at radius 1 is 1.09 bits per heavy atom. The number of rotatable bonds is 3. The number of aryl methyl sites for hydroxylation is 2. The predicted molar refractivity (Wildman–Crippen MR) is 86.4 cm³/mol. The van der Waals surface area contributed by atoms with Crippen LogP contribution in [-0.4, -0.2) is 17.6 Å². The SMILES string of the molecule is Cc1ccc(CN2C(=O)C(=O)c3cc(C(N)=O)ccc32)c(C)c1. The van der Waals surface area contributed by atoms with E-state index in [1.165, 1.54) is 17.0 Å². The van der Waals surface area contributed by atoms with Crippen LogP contribution in [0.1, 0.15) is 37.4 Å². The van der Waals surface area contributed by atoms with Crippen molar-refractivity contribution in [2.24, 2.45) is 5.73 Å². The Bertz CT molecular complexity index is 855. The Balaban J connectivity index is 2.01. The number of carbonyl (C=O) groups excluding carboxylic acids is 3. The minimum absolute atomic E-state index is 0.221. The van der Waals surface area contributed by atoms with Gasteiger partial charge in [0.1, 0.15) is 0 Å². The standard InChI is InChI=1S/C18H16N2O3/c1-10-3-4-13(11(2)7-10)9-20-15-6-5-12(17(19)22)8-14(15)16(21)18(20)23/h3-8H,9H2,1-2H3,(H2,19,22). The average molecular weight is 308 g/mol. The van der Waals surface area contributed by atoms with Crippen LogP contribution in [0.15, 0.2) is 36.4 Å². The number of primary amides is 1. The maximum Gasteiger partial charge on any atom is 0.299 e. The fourth-order valence-electron chi connectivity index (χ4n) is 2.80. The molecule has 5 heteroatoms. The van der Waals surface area contributed by atoms with E-state index >= 15 is 0 Å². The molecule has 2 N–H and O–H groups in total. The molecule has 1 aliphatic rings. The van der Waals surface area contributed by atoms with Gasteiger partial charge < -0.3 is 10.6 Å². The van der Waals surface area contributed by atoms with Crippen molar-refractivity contribution in [1.82, 2.24) is 0 Å². The molecule has 116 valence electrons. The Morgan fingerprint density at radius 3 is 2.48 bits per heavy atom. The second-order valence-corrected chi connectivity index (χ2v) is 5.75. The summed E-state index contributed by atoms with van der Waals surface area (Å²) in [6, 6.07) is 10.5. The molecule has 1 heterocycles. The predicted octanol–water partition coefficient (Wildman–Crippen LogP) is 2.13. The highest BCUT2D eigenvalue weighted by Crippen LogP contribution is 2.31. The first-order valence-electron chi connectivity index (χ1n) is 7.24. The lowest BCUT2D eigenvalue weighted by molar-refractivity contribution is -0.114. The van der Waals surface area contributed by atoms with Crippen LogP contribution in [0.3, 0.4) is 0 Å². The summed E-state index contributed by atoms with van der Waals surface area (Å²) in [6.07, 6.45) is 0. The smallest absolute Gasteiger partial charge is 0.299 e. The molecule has 5 nitrogen and oxygen atoms in total. The highest BCUT2D eigenvalue weighted by molar-refractivity contribution is 6.52. The van der Waals surface area contributed by atoms with E-state index in [0.29, 0.717) is 12.2 Å². The molecule has 3 rings (SSSR count). The van der Waals surface area contributed by atoms with E-state index in [-0.39, 0.29) is 11.1 Å². The third kappa shape index (κ3) is 2.50. The van der Waals surface area contributed by atoms with Gasteiger partial charge in [-0.2, -0.15) is 0 Å². The molecule has 0 atom stereocenters. The first-order chi connectivity index (χ1) is 10.9. The minimum atomic E-state index is -0.624. The van der Waals surface area contributed by atoms with Crippen LogP contribution in [0.5, 0.6) is 0 Å². The number of nitrogens with two attached hydrogens (primary N) is 1. The van der Waals surface area contributed by atoms with Crippen molar-refractivity contribution < 1.29 is 14.4 Å². The van der Waals surface area contributed by atoms with E-state index in [1.807, 2.05) is 32.0 Å². The maximum atomic E-state index is 12.3. The lowest BCUT2D eigenvalue weighted by Crippen LogP contribution is -2.29. The van der Waals surface area contributed by atoms with Crippen molar-refractivity contribution in [2.45, 2.75) is 20.4 Å². The number of amides is 2. The number of carbonyl (C=O) groups is 3. The van der Waals surface area contributed by atoms with Crippen LogP contribution in [0.2, 0.25) is 0 Å². The first-order valence-corrected chi connectivity index (χ1v) is 7.24. The van der Waals surface area contributed by atoms with Gasteiger partial charge in [-0.3, -0.25) is 14.4 Å². The molecule has 0 saturated heterocycles. The van der Waals surface area contributed by atoms with Gasteiger partial charge in [-0.05, 0) is 43.2 Å². The topological polar surface area (TPSA) is 80.5 Å². The highest BCUT2D eigenvalue weighted by Gasteiger charge is 2.36. The molecule has 0 radical (unpaired) electrons. The largest absolute Gasteiger partial charge is 0.366 e. The maximum absolute atomic E-state index is 12.3. The summed E-state index contributed by atoms with van der Waals surface area (Å²) >= 11 is 0. The molecule has 2 amide bonds. The van der Waals surface area contributed by atoms with Crippen molar-refractivity contribution in [3.05, 3.63) is 64.2 Å². The molecule has 0 bridgehead atoms. The Hall–Kier alpha value is -2.95. The third-order valence-electron chi connectivity index (χ3n) is 4.08. The third-order valence-corrected chi connectivity index (χ3v) is 4.08. The normalized spacial score (nSPS) is 13.4. The number of fused-ring (bicyclic) bond motifs is 1. The lowest BCUT2D eigenvalue weighted by Gasteiger charge is -2.18. The van der Waals surface area contributed by atoms with Crippen molar-refractivity contribution in [1.29, 1.82) is 0 Å². The number of anilines is 1. The van der Waals surface area contributed by atoms with E-state index in [1.54, 1.807) is 6.07 Å². The quantitative estimate of drug-likeness (QED) is 0.882. The summed E-state index contributed by atoms with van der Waals surface area (Å²) in [6.45, 7) is 4.30. The average Bonchev–Trinajstić information content (AvgIpc) is 2.74. The second kappa shape index (κ2) is 5.35. The first kappa shape index (κ1) is 15.0. The van der Waals surface area contributed by atoms with Crippen LogP contribution >= 0.6 is 0 Å². The number of nitrogens with zero attached hydrogens (tertiary/aromatic N) is 1. The molecule has 1 aliphatic heterocycles. The van der Waals surface area contributed by atoms with Crippen molar-refractivity contribution >= 4 is 23.3 Å². The molecular weight excluding hydrogens is 292 g/mol. The van der Waals surface area contributed by atoms with Crippen LogP contribution in [-0.2, 0) is 11.3 Å². The zero-order valence-electron chi connectivity index (χ0n) is 12.9. The zero-order chi connectivity index (χ0) is 16.7. The Morgan fingerprint density at radius 2 is 1.83 bits per heavy atom. The minimum Gasteiger partial charge on any atom is -0.366 e. The molecular formula is C18H16N2O3. The van der Waals surface area contributed by atoms with Gasteiger partial charge in [-0.1, -0.05) is 23.8 Å². The van der Waals surface area contributed by atoms with Gasteiger partial charge in [0, 0.05) is 5.56 Å². The van der Waals surface area contributed by atoms with Gasteiger partial charge in [0.05, 0.1) is 17.8 Å². The highest BCUT2D eigenvalue weighted by atomic mass is 16.2. The molecule has 0 aromatic heterocycles. The summed E-state index contributed by atoms with van der Waals surface area (Å²) in [5.41, 5.74) is 9.38. The molecule has 0 spiro atoms. The van der Waals surface area contributed by atoms with Gasteiger partial charge in [0.25, 0.3) is 11.7 Å². The zero-order valence-corrected chi connectivity index (χ0v) is 12.9. The Kier molecular flexibility index (Phi) is 3.48. The van der Waals surface area contributed by atoms with Crippen molar-refractivity contribution in [3.63, 3.8) is 0 Å². The number of benzene rings is 2. The molecule has 23 heavy (non-hydrogen) atoms. The summed E-state index contributed by atoms with van der Waals surface area (Å²) in [7, 11) is 0. The summed E-state index contributed by atoms with van der Waals surface area (Å²) in [4.78, 5) is 37.1. The van der Waals surface area contributed by atoms with E-state index in [0.717, 1.165) is 16.7 Å². The summed E-state index contributed by atoms with van der Waals surface area (Å²) < 4.78 is 0. The van der Waals surface area contributed by atoms with E-state index < -0.39 is 17.6 Å². The summed E-state index contributed by atoms with van der Waals surface area (Å²) in [5.74, 6) is -1.81. The van der Waals surface area contributed by atoms with Gasteiger partial charge in [0.15, 0.2) is 0 Å². The molecule has 0 fully saturated rings. The van der Waals surface area contributed by atoms with Gasteiger partial charge >= 0.3 is 0 Å². The number of hydrogen-bond acceptors (Lipinski definition) is 3. The molecule has 2 aromatic carbocycles. The molecule has 0 unspecified atom stereocenters. The monoisotopic (exact) mass is 308 g/mol. The van der Waals surface area contributed by atoms with Crippen LogP contribution < -0.4 is 10.6 Å². The van der Waals surface area contributed by atoms with E-state index in [2.05, 4.69) is 0 Å². The number of ketones is 1. The summed E-state index contributed by atoms with van der Waals surface area (Å²) in [5, 5.41) is 0. The Labute approximate surface area is 133 Å². The van der Waals surface area contributed by atoms with Crippen LogP contribution in [0, 0.1) is 13.8 Å². The van der Waals surface area contributed by atoms with Gasteiger partial charge in [0.2, 0.25) is 5.91 Å². The second-order valence-electron chi connectivity index (χ2n) is 5.75. The van der Waals surface area contributed by atoms with Gasteiger partial charge in [-0.25, -0.2) is 0 Å². The molecule has 0 aliphatic carbocycles. The van der Waals surface area contributed by atoms with Crippen LogP contribution in [0.4, 0.5) is 5.69 Å². The lowest BCUT2D eigenvalue weighted by atomic mass is 10.0. The fraction of sp³-hybridized carbons (Fsp3) is 0.167. The molecule has 2 aromatic rings. The number of hydrogen-bond donors (Lipinski definition) is 1. The van der Waals surface area contributed by atoms with Crippen molar-refractivity contribution in [2.75, 3.05) is 4.90 Å².